The van der Waals surface area contributed by atoms with E-state index in [9.17, 15) is 4.79 Å². The van der Waals surface area contributed by atoms with Crippen LogP contribution < -0.4 is 10.1 Å². The van der Waals surface area contributed by atoms with Gasteiger partial charge in [-0.1, -0.05) is 102 Å². The van der Waals surface area contributed by atoms with Crippen LogP contribution in [0.1, 0.15) is 38.2 Å². The summed E-state index contributed by atoms with van der Waals surface area (Å²) >= 11 is 2.99. The third kappa shape index (κ3) is 6.53. The minimum absolute atomic E-state index is 0.215. The Kier molecular flexibility index (Phi) is 8.62. The Balaban J connectivity index is 1.22. The van der Waals surface area contributed by atoms with Crippen LogP contribution in [-0.4, -0.2) is 32.8 Å². The summed E-state index contributed by atoms with van der Waals surface area (Å²) in [7, 11) is 1.65. The van der Waals surface area contributed by atoms with E-state index in [0.717, 1.165) is 44.1 Å². The summed E-state index contributed by atoms with van der Waals surface area (Å²) in [5.41, 5.74) is 5.45. The molecule has 6 rings (SSSR count). The van der Waals surface area contributed by atoms with Crippen molar-refractivity contribution in [3.63, 3.8) is 0 Å². The molecule has 2 aromatic heterocycles. The highest BCUT2D eigenvalue weighted by atomic mass is 32.2. The number of benzene rings is 4. The van der Waals surface area contributed by atoms with Gasteiger partial charge in [0.05, 0.1) is 18.9 Å². The zero-order valence-electron chi connectivity index (χ0n) is 23.7. The third-order valence-electron chi connectivity index (χ3n) is 6.90. The number of rotatable bonds is 10. The van der Waals surface area contributed by atoms with Crippen LogP contribution in [0.4, 0.5) is 0 Å². The number of ether oxygens (including phenoxy) is 1. The largest absolute Gasteiger partial charge is 0.497 e. The molecule has 6 aromatic rings. The van der Waals surface area contributed by atoms with Crippen molar-refractivity contribution in [1.82, 2.24) is 25.1 Å². The first-order valence-corrected chi connectivity index (χ1v) is 15.6. The van der Waals surface area contributed by atoms with Crippen LogP contribution in [0.25, 0.3) is 17.1 Å². The number of aryl methyl sites for hydroxylation is 1. The quantitative estimate of drug-likeness (QED) is 0.163. The lowest BCUT2D eigenvalue weighted by atomic mass is 9.98. The Morgan fingerprint density at radius 3 is 2.28 bits per heavy atom. The zero-order valence-corrected chi connectivity index (χ0v) is 25.3. The van der Waals surface area contributed by atoms with Crippen LogP contribution in [0.3, 0.4) is 0 Å². The molecular formula is C34H29N5O2S2. The molecule has 0 spiro atoms. The van der Waals surface area contributed by atoms with Crippen molar-refractivity contribution in [2.24, 2.45) is 0 Å². The first kappa shape index (κ1) is 28.4. The number of thioether (sulfide) groups is 1. The molecule has 1 amide bonds. The van der Waals surface area contributed by atoms with E-state index >= 15 is 0 Å². The number of aromatic nitrogens is 4. The second-order valence-electron chi connectivity index (χ2n) is 9.85. The van der Waals surface area contributed by atoms with E-state index in [-0.39, 0.29) is 11.9 Å². The standard InChI is InChI=1S/C34H29N5O2S2/c1-23-16-18-27(19-17-23)39-32(26-14-9-15-28(20-26)41-2)37-38-34(39)43-22-30-35-29(21-42-30)33(40)36-31(24-10-5-3-6-11-24)25-12-7-4-8-13-25/h3-21,31H,22H2,1-2H3,(H,36,40). The molecule has 0 radical (unpaired) electrons. The van der Waals surface area contributed by atoms with E-state index < -0.39 is 0 Å². The number of methoxy groups -OCH3 is 1. The number of hydrogen-bond acceptors (Lipinski definition) is 7. The molecule has 0 saturated carbocycles. The van der Waals surface area contributed by atoms with Gasteiger partial charge in [0.15, 0.2) is 11.0 Å². The fourth-order valence-corrected chi connectivity index (χ4v) is 6.45. The topological polar surface area (TPSA) is 81.9 Å². The molecule has 43 heavy (non-hydrogen) atoms. The Labute approximate surface area is 258 Å². The van der Waals surface area contributed by atoms with Gasteiger partial charge < -0.3 is 10.1 Å². The first-order chi connectivity index (χ1) is 21.1. The lowest BCUT2D eigenvalue weighted by molar-refractivity contribution is 0.0938. The van der Waals surface area contributed by atoms with Gasteiger partial charge in [-0.3, -0.25) is 9.36 Å². The monoisotopic (exact) mass is 603 g/mol. The summed E-state index contributed by atoms with van der Waals surface area (Å²) in [6.07, 6.45) is 0. The molecule has 0 bridgehead atoms. The number of amides is 1. The second kappa shape index (κ2) is 13.1. The third-order valence-corrected chi connectivity index (χ3v) is 8.88. The smallest absolute Gasteiger partial charge is 0.271 e. The number of carbonyl (C=O) groups is 1. The van der Waals surface area contributed by atoms with Gasteiger partial charge >= 0.3 is 0 Å². The predicted molar refractivity (Wildman–Crippen MR) is 172 cm³/mol. The SMILES string of the molecule is COc1cccc(-c2nnc(SCc3nc(C(=O)NC(c4ccccc4)c4ccccc4)cs3)n2-c2ccc(C)cc2)c1. The molecule has 0 unspecified atom stereocenters. The van der Waals surface area contributed by atoms with Crippen LogP contribution in [0.2, 0.25) is 0 Å². The second-order valence-corrected chi connectivity index (χ2v) is 11.7. The number of hydrogen-bond donors (Lipinski definition) is 1. The maximum Gasteiger partial charge on any atom is 0.271 e. The van der Waals surface area contributed by atoms with Crippen LogP contribution in [0, 0.1) is 6.92 Å². The molecule has 0 aliphatic heterocycles. The average molecular weight is 604 g/mol. The van der Waals surface area contributed by atoms with Gasteiger partial charge in [0, 0.05) is 16.6 Å². The summed E-state index contributed by atoms with van der Waals surface area (Å²) in [4.78, 5) is 18.0. The molecule has 4 aromatic carbocycles. The fourth-order valence-electron chi connectivity index (χ4n) is 4.70. The molecule has 0 atom stereocenters. The lowest BCUT2D eigenvalue weighted by Crippen LogP contribution is -2.29. The number of nitrogens with one attached hydrogen (secondary N) is 1. The van der Waals surface area contributed by atoms with E-state index in [1.807, 2.05) is 94.9 Å². The fraction of sp³-hybridized carbons (Fsp3) is 0.118. The number of thiazole rings is 1. The number of nitrogens with zero attached hydrogens (tertiary/aromatic N) is 4. The molecule has 0 aliphatic carbocycles. The molecule has 214 valence electrons. The molecule has 0 aliphatic rings. The molecule has 0 fully saturated rings. The molecular weight excluding hydrogens is 575 g/mol. The van der Waals surface area contributed by atoms with Crippen molar-refractivity contribution in [3.8, 4) is 22.8 Å². The summed E-state index contributed by atoms with van der Waals surface area (Å²) in [6.45, 7) is 2.06. The van der Waals surface area contributed by atoms with Crippen molar-refractivity contribution < 1.29 is 9.53 Å². The zero-order chi connectivity index (χ0) is 29.6. The summed E-state index contributed by atoms with van der Waals surface area (Å²) in [6, 6.07) is 35.7. The van der Waals surface area contributed by atoms with Crippen molar-refractivity contribution in [3.05, 3.63) is 142 Å². The molecule has 1 N–H and O–H groups in total. The lowest BCUT2D eigenvalue weighted by Gasteiger charge is -2.19. The number of carbonyl (C=O) groups excluding carboxylic acids is 1. The van der Waals surface area contributed by atoms with E-state index in [1.54, 1.807) is 7.11 Å². The van der Waals surface area contributed by atoms with E-state index in [4.69, 9.17) is 4.74 Å². The summed E-state index contributed by atoms with van der Waals surface area (Å²) < 4.78 is 7.49. The van der Waals surface area contributed by atoms with Crippen LogP contribution in [-0.2, 0) is 5.75 Å². The van der Waals surface area contributed by atoms with Crippen molar-refractivity contribution in [1.29, 1.82) is 0 Å². The molecule has 2 heterocycles. The Bertz CT molecular complexity index is 1780. The van der Waals surface area contributed by atoms with Crippen LogP contribution in [0.5, 0.6) is 5.75 Å². The highest BCUT2D eigenvalue weighted by Crippen LogP contribution is 2.32. The maximum absolute atomic E-state index is 13.4. The van der Waals surface area contributed by atoms with Crippen LogP contribution >= 0.6 is 23.1 Å². The van der Waals surface area contributed by atoms with E-state index in [0.29, 0.717) is 11.4 Å². The maximum atomic E-state index is 13.4. The van der Waals surface area contributed by atoms with Crippen molar-refractivity contribution in [2.75, 3.05) is 7.11 Å². The highest BCUT2D eigenvalue weighted by Gasteiger charge is 2.21. The van der Waals surface area contributed by atoms with Gasteiger partial charge in [0.1, 0.15) is 16.5 Å². The van der Waals surface area contributed by atoms with Crippen LogP contribution in [0.15, 0.2) is 120 Å². The summed E-state index contributed by atoms with van der Waals surface area (Å²) in [5.74, 6) is 1.80. The van der Waals surface area contributed by atoms with Gasteiger partial charge in [-0.15, -0.1) is 21.5 Å². The minimum Gasteiger partial charge on any atom is -0.497 e. The van der Waals surface area contributed by atoms with Gasteiger partial charge in [-0.25, -0.2) is 4.98 Å². The van der Waals surface area contributed by atoms with Gasteiger partial charge in [0.25, 0.3) is 5.91 Å². The minimum atomic E-state index is -0.280. The molecule has 9 heteroatoms. The molecule has 0 saturated heterocycles. The van der Waals surface area contributed by atoms with Crippen molar-refractivity contribution >= 4 is 29.0 Å². The first-order valence-electron chi connectivity index (χ1n) is 13.7. The Morgan fingerprint density at radius 1 is 0.907 bits per heavy atom. The van der Waals surface area contributed by atoms with Gasteiger partial charge in [0.2, 0.25) is 0 Å². The predicted octanol–water partition coefficient (Wildman–Crippen LogP) is 7.52. The average Bonchev–Trinajstić information content (AvgIpc) is 3.71. The molecule has 7 nitrogen and oxygen atoms in total. The normalized spacial score (nSPS) is 11.0. The van der Waals surface area contributed by atoms with Gasteiger partial charge in [-0.2, -0.15) is 0 Å². The van der Waals surface area contributed by atoms with Gasteiger partial charge in [-0.05, 0) is 42.3 Å². The highest BCUT2D eigenvalue weighted by molar-refractivity contribution is 7.98. The van der Waals surface area contributed by atoms with Crippen molar-refractivity contribution in [2.45, 2.75) is 23.9 Å². The van der Waals surface area contributed by atoms with E-state index in [2.05, 4.69) is 51.7 Å². The van der Waals surface area contributed by atoms with E-state index in [1.165, 1.54) is 28.7 Å². The Hall–Kier alpha value is -4.73. The Morgan fingerprint density at radius 2 is 1.60 bits per heavy atom. The summed E-state index contributed by atoms with van der Waals surface area (Å²) in [5, 5.41) is 15.6.